The average Bonchev–Trinajstić information content (AvgIpc) is 2.90. The predicted molar refractivity (Wildman–Crippen MR) is 77.9 cm³/mol. The Labute approximate surface area is 120 Å². The lowest BCUT2D eigenvalue weighted by Gasteiger charge is -2.23. The average molecular weight is 277 g/mol. The molecule has 20 heavy (non-hydrogen) atoms. The molecule has 0 aromatic heterocycles. The van der Waals surface area contributed by atoms with Crippen LogP contribution in [0.15, 0.2) is 24.3 Å². The van der Waals surface area contributed by atoms with E-state index >= 15 is 0 Å². The van der Waals surface area contributed by atoms with Crippen molar-refractivity contribution >= 4 is 5.97 Å². The second-order valence-corrected chi connectivity index (χ2v) is 5.50. The highest BCUT2D eigenvalue weighted by Gasteiger charge is 2.20. The van der Waals surface area contributed by atoms with Gasteiger partial charge in [-0.3, -0.25) is 9.69 Å². The van der Waals surface area contributed by atoms with E-state index in [9.17, 15) is 4.79 Å². The molecule has 0 bridgehead atoms. The smallest absolute Gasteiger partial charge is 0.317 e. The first-order chi connectivity index (χ1) is 9.63. The molecule has 0 spiro atoms. The number of rotatable bonds is 7. The third-order valence-electron chi connectivity index (χ3n) is 3.68. The lowest BCUT2D eigenvalue weighted by molar-refractivity contribution is -0.138. The molecule has 1 aliphatic rings. The molecule has 1 aromatic carbocycles. The Bertz CT molecular complexity index is 424. The normalized spacial score (nSPS) is 18.6. The van der Waals surface area contributed by atoms with E-state index in [1.165, 1.54) is 11.1 Å². The number of carbonyl (C=O) groups is 1. The lowest BCUT2D eigenvalue weighted by atomic mass is 10.1. The summed E-state index contributed by atoms with van der Waals surface area (Å²) in [6.45, 7) is 4.45. The van der Waals surface area contributed by atoms with Crippen LogP contribution in [0.2, 0.25) is 0 Å². The Hall–Kier alpha value is -1.39. The van der Waals surface area contributed by atoms with Crippen LogP contribution in [0.1, 0.15) is 24.0 Å². The first-order valence-electron chi connectivity index (χ1n) is 7.25. The quantitative estimate of drug-likeness (QED) is 0.829. The van der Waals surface area contributed by atoms with Crippen molar-refractivity contribution in [2.75, 3.05) is 26.2 Å². The van der Waals surface area contributed by atoms with Crippen LogP contribution in [0.4, 0.5) is 0 Å². The largest absolute Gasteiger partial charge is 0.480 e. The van der Waals surface area contributed by atoms with Gasteiger partial charge >= 0.3 is 5.97 Å². The van der Waals surface area contributed by atoms with Crippen molar-refractivity contribution in [3.8, 4) is 0 Å². The molecular weight excluding hydrogens is 254 g/mol. The summed E-state index contributed by atoms with van der Waals surface area (Å²) in [7, 11) is 0. The molecule has 1 aromatic rings. The van der Waals surface area contributed by atoms with Gasteiger partial charge in [-0.15, -0.1) is 0 Å². The van der Waals surface area contributed by atoms with Crippen molar-refractivity contribution in [1.82, 2.24) is 4.90 Å². The van der Waals surface area contributed by atoms with Gasteiger partial charge < -0.3 is 9.84 Å². The Balaban J connectivity index is 1.85. The summed E-state index contributed by atoms with van der Waals surface area (Å²) in [6.07, 6.45) is 3.21. The Morgan fingerprint density at radius 1 is 1.40 bits per heavy atom. The predicted octanol–water partition coefficient (Wildman–Crippen LogP) is 2.10. The van der Waals surface area contributed by atoms with Crippen LogP contribution < -0.4 is 0 Å². The number of hydrogen-bond acceptors (Lipinski definition) is 3. The molecule has 0 unspecified atom stereocenters. The third kappa shape index (κ3) is 4.94. The Morgan fingerprint density at radius 2 is 2.15 bits per heavy atom. The fourth-order valence-corrected chi connectivity index (χ4v) is 2.54. The minimum Gasteiger partial charge on any atom is -0.480 e. The minimum atomic E-state index is -0.771. The van der Waals surface area contributed by atoms with Gasteiger partial charge in [0.2, 0.25) is 0 Å². The number of benzene rings is 1. The highest BCUT2D eigenvalue weighted by molar-refractivity contribution is 5.69. The maximum Gasteiger partial charge on any atom is 0.317 e. The number of nitrogens with zero attached hydrogens (tertiary/aromatic N) is 1. The summed E-state index contributed by atoms with van der Waals surface area (Å²) in [5.41, 5.74) is 2.49. The summed E-state index contributed by atoms with van der Waals surface area (Å²) in [6, 6.07) is 8.41. The molecule has 0 saturated carbocycles. The van der Waals surface area contributed by atoms with Crippen molar-refractivity contribution in [1.29, 1.82) is 0 Å². The molecule has 0 radical (unpaired) electrons. The zero-order valence-corrected chi connectivity index (χ0v) is 12.0. The standard InChI is InChI=1S/C16H23NO3/c1-13-4-6-14(7-5-13)8-9-17(12-16(18)19)11-15-3-2-10-20-15/h4-7,15H,2-3,8-12H2,1H3,(H,18,19)/t15-/m0/s1. The van der Waals surface area contributed by atoms with E-state index in [-0.39, 0.29) is 12.6 Å². The van der Waals surface area contributed by atoms with Crippen molar-refractivity contribution in [2.45, 2.75) is 32.3 Å². The number of aliphatic carboxylic acids is 1. The monoisotopic (exact) mass is 277 g/mol. The summed E-state index contributed by atoms with van der Waals surface area (Å²) < 4.78 is 5.60. The molecule has 4 heteroatoms. The van der Waals surface area contributed by atoms with Crippen LogP contribution in [-0.4, -0.2) is 48.3 Å². The number of hydrogen-bond donors (Lipinski definition) is 1. The molecule has 1 atom stereocenters. The number of aryl methyl sites for hydroxylation is 1. The second kappa shape index (κ2) is 7.41. The topological polar surface area (TPSA) is 49.8 Å². The van der Waals surface area contributed by atoms with E-state index in [4.69, 9.17) is 9.84 Å². The van der Waals surface area contributed by atoms with Crippen LogP contribution in [-0.2, 0) is 16.0 Å². The van der Waals surface area contributed by atoms with Gasteiger partial charge in [0.1, 0.15) is 0 Å². The van der Waals surface area contributed by atoms with Crippen LogP contribution in [0, 0.1) is 6.92 Å². The van der Waals surface area contributed by atoms with Crippen molar-refractivity contribution < 1.29 is 14.6 Å². The Kier molecular flexibility index (Phi) is 5.56. The summed E-state index contributed by atoms with van der Waals surface area (Å²) in [4.78, 5) is 12.9. The number of ether oxygens (including phenoxy) is 1. The van der Waals surface area contributed by atoms with E-state index in [2.05, 4.69) is 31.2 Å². The fraction of sp³-hybridized carbons (Fsp3) is 0.562. The first kappa shape index (κ1) is 15.0. The molecule has 0 aliphatic carbocycles. The molecule has 2 rings (SSSR count). The summed E-state index contributed by atoms with van der Waals surface area (Å²) in [5, 5.41) is 9.01. The SMILES string of the molecule is Cc1ccc(CCN(CC(=O)O)C[C@@H]2CCCO2)cc1. The van der Waals surface area contributed by atoms with Gasteiger partial charge in [0, 0.05) is 19.7 Å². The van der Waals surface area contributed by atoms with Crippen LogP contribution in [0.25, 0.3) is 0 Å². The van der Waals surface area contributed by atoms with Gasteiger partial charge in [-0.2, -0.15) is 0 Å². The van der Waals surface area contributed by atoms with Gasteiger partial charge in [0.05, 0.1) is 12.6 Å². The summed E-state index contributed by atoms with van der Waals surface area (Å²) >= 11 is 0. The van der Waals surface area contributed by atoms with Gasteiger partial charge in [-0.05, 0) is 31.7 Å². The molecule has 1 heterocycles. The van der Waals surface area contributed by atoms with E-state index in [1.54, 1.807) is 0 Å². The van der Waals surface area contributed by atoms with Gasteiger partial charge in [-0.1, -0.05) is 29.8 Å². The zero-order chi connectivity index (χ0) is 14.4. The highest BCUT2D eigenvalue weighted by Crippen LogP contribution is 2.14. The molecule has 1 aliphatic heterocycles. The third-order valence-corrected chi connectivity index (χ3v) is 3.68. The van der Waals surface area contributed by atoms with E-state index < -0.39 is 5.97 Å². The molecule has 1 saturated heterocycles. The second-order valence-electron chi connectivity index (χ2n) is 5.50. The van der Waals surface area contributed by atoms with E-state index in [0.29, 0.717) is 0 Å². The van der Waals surface area contributed by atoms with E-state index in [0.717, 1.165) is 39.0 Å². The van der Waals surface area contributed by atoms with Crippen molar-refractivity contribution in [3.63, 3.8) is 0 Å². The van der Waals surface area contributed by atoms with E-state index in [1.807, 2.05) is 4.90 Å². The first-order valence-corrected chi connectivity index (χ1v) is 7.25. The molecule has 0 amide bonds. The molecule has 1 N–H and O–H groups in total. The van der Waals surface area contributed by atoms with Gasteiger partial charge in [0.15, 0.2) is 0 Å². The van der Waals surface area contributed by atoms with Crippen LogP contribution in [0.5, 0.6) is 0 Å². The van der Waals surface area contributed by atoms with Crippen LogP contribution in [0.3, 0.4) is 0 Å². The maximum absolute atomic E-state index is 11.0. The zero-order valence-electron chi connectivity index (χ0n) is 12.0. The fourth-order valence-electron chi connectivity index (χ4n) is 2.54. The van der Waals surface area contributed by atoms with Gasteiger partial charge in [0.25, 0.3) is 0 Å². The number of carboxylic acids is 1. The number of carboxylic acid groups (broad SMARTS) is 1. The molecule has 4 nitrogen and oxygen atoms in total. The van der Waals surface area contributed by atoms with Crippen LogP contribution >= 0.6 is 0 Å². The summed E-state index contributed by atoms with van der Waals surface area (Å²) in [5.74, 6) is -0.771. The highest BCUT2D eigenvalue weighted by atomic mass is 16.5. The van der Waals surface area contributed by atoms with Crippen molar-refractivity contribution in [3.05, 3.63) is 35.4 Å². The maximum atomic E-state index is 11.0. The lowest BCUT2D eigenvalue weighted by Crippen LogP contribution is -2.37. The van der Waals surface area contributed by atoms with Crippen molar-refractivity contribution in [2.24, 2.45) is 0 Å². The molecule has 1 fully saturated rings. The molecule has 110 valence electrons. The minimum absolute atomic E-state index is 0.0890. The Morgan fingerprint density at radius 3 is 2.75 bits per heavy atom. The van der Waals surface area contributed by atoms with Gasteiger partial charge in [-0.25, -0.2) is 0 Å². The molecular formula is C16H23NO3.